The van der Waals surface area contributed by atoms with Crippen LogP contribution in [0.3, 0.4) is 0 Å². The average Bonchev–Trinajstić information content (AvgIpc) is 1.80. The van der Waals surface area contributed by atoms with E-state index in [9.17, 15) is 9.00 Å². The smallest absolute Gasteiger partial charge is 0.259 e. The quantitative estimate of drug-likeness (QED) is 0.628. The molecule has 84 valence electrons. The van der Waals surface area contributed by atoms with E-state index in [1.165, 1.54) is 6.26 Å². The molecular weight excluding hydrogens is 198 g/mol. The first kappa shape index (κ1) is 13.6. The molecule has 0 fully saturated rings. The summed E-state index contributed by atoms with van der Waals surface area (Å²) in [4.78, 5) is 11.6. The van der Waals surface area contributed by atoms with Gasteiger partial charge in [-0.25, -0.2) is 4.21 Å². The van der Waals surface area contributed by atoms with Crippen LogP contribution in [-0.4, -0.2) is 21.1 Å². The van der Waals surface area contributed by atoms with Gasteiger partial charge in [0, 0.05) is 16.4 Å². The Balaban J connectivity index is 5.25. The van der Waals surface area contributed by atoms with Gasteiger partial charge in [0.2, 0.25) is 0 Å². The van der Waals surface area contributed by atoms with Gasteiger partial charge in [0.25, 0.3) is 5.91 Å². The van der Waals surface area contributed by atoms with Gasteiger partial charge in [-0.05, 0) is 20.8 Å². The summed E-state index contributed by atoms with van der Waals surface area (Å²) in [6.07, 6.45) is 1.54. The van der Waals surface area contributed by atoms with Crippen LogP contribution < -0.4 is 0 Å². The zero-order valence-electron chi connectivity index (χ0n) is 10.2. The third-order valence-corrected chi connectivity index (χ3v) is 4.82. The van der Waals surface area contributed by atoms with Crippen LogP contribution in [-0.2, 0) is 14.5 Å². The Kier molecular flexibility index (Phi) is 3.55. The lowest BCUT2D eigenvalue weighted by molar-refractivity contribution is -0.124. The van der Waals surface area contributed by atoms with Gasteiger partial charge < -0.3 is 0 Å². The molecule has 0 aliphatic carbocycles. The molecule has 0 aromatic rings. The summed E-state index contributed by atoms with van der Waals surface area (Å²) < 4.78 is 15.5. The van der Waals surface area contributed by atoms with Crippen LogP contribution in [0.4, 0.5) is 0 Å². The molecule has 0 saturated heterocycles. The maximum Gasteiger partial charge on any atom is 0.259 e. The van der Waals surface area contributed by atoms with Crippen molar-refractivity contribution in [1.29, 1.82) is 0 Å². The van der Waals surface area contributed by atoms with Crippen LogP contribution in [0.1, 0.15) is 41.5 Å². The van der Waals surface area contributed by atoms with Gasteiger partial charge in [-0.1, -0.05) is 20.8 Å². The van der Waals surface area contributed by atoms with E-state index in [1.54, 1.807) is 20.8 Å². The summed E-state index contributed by atoms with van der Waals surface area (Å²) in [6, 6.07) is 0. The standard InChI is InChI=1S/C10H21NO2S/c1-9(2,3)8(12)11-14(7,13)10(4,5)6/h1-7H3/t14-/m1/s1. The van der Waals surface area contributed by atoms with Crippen molar-refractivity contribution in [2.24, 2.45) is 9.78 Å². The molecule has 0 aliphatic heterocycles. The van der Waals surface area contributed by atoms with Crippen LogP contribution in [0, 0.1) is 5.41 Å². The van der Waals surface area contributed by atoms with Crippen molar-refractivity contribution >= 4 is 15.6 Å². The molecule has 0 bridgehead atoms. The third kappa shape index (κ3) is 3.40. The number of rotatable bonds is 0. The second kappa shape index (κ2) is 3.65. The lowest BCUT2D eigenvalue weighted by atomic mass is 9.96. The van der Waals surface area contributed by atoms with E-state index < -0.39 is 19.9 Å². The Morgan fingerprint density at radius 3 is 1.64 bits per heavy atom. The van der Waals surface area contributed by atoms with Crippen LogP contribution in [0.2, 0.25) is 0 Å². The van der Waals surface area contributed by atoms with Crippen molar-refractivity contribution < 1.29 is 9.00 Å². The summed E-state index contributed by atoms with van der Waals surface area (Å²) in [5.41, 5.74) is -0.552. The van der Waals surface area contributed by atoms with Crippen molar-refractivity contribution in [2.75, 3.05) is 6.26 Å². The van der Waals surface area contributed by atoms with Crippen LogP contribution >= 0.6 is 0 Å². The first-order valence-electron chi connectivity index (χ1n) is 4.64. The number of carbonyl (C=O) groups is 1. The highest BCUT2D eigenvalue weighted by atomic mass is 32.2. The molecule has 0 saturated carbocycles. The van der Waals surface area contributed by atoms with Crippen molar-refractivity contribution in [3.05, 3.63) is 0 Å². The topological polar surface area (TPSA) is 46.5 Å². The predicted octanol–water partition coefficient (Wildman–Crippen LogP) is 2.46. The lowest BCUT2D eigenvalue weighted by Crippen LogP contribution is -2.29. The van der Waals surface area contributed by atoms with Crippen molar-refractivity contribution in [2.45, 2.75) is 46.3 Å². The highest BCUT2D eigenvalue weighted by Crippen LogP contribution is 2.21. The SMILES string of the molecule is CC(C)(C)C(=O)N=[S@](C)(=O)C(C)(C)C. The summed E-state index contributed by atoms with van der Waals surface area (Å²) >= 11 is 0. The Hall–Kier alpha value is -0.380. The van der Waals surface area contributed by atoms with E-state index in [0.717, 1.165) is 0 Å². The third-order valence-electron chi connectivity index (χ3n) is 2.03. The molecule has 0 radical (unpaired) electrons. The number of nitrogens with zero attached hydrogens (tertiary/aromatic N) is 1. The van der Waals surface area contributed by atoms with Crippen molar-refractivity contribution in [1.82, 2.24) is 0 Å². The second-order valence-electron chi connectivity index (χ2n) is 5.56. The molecule has 3 nitrogen and oxygen atoms in total. The average molecular weight is 219 g/mol. The largest absolute Gasteiger partial charge is 0.271 e. The normalized spacial score (nSPS) is 17.4. The Bertz CT molecular complexity index is 336. The summed E-state index contributed by atoms with van der Waals surface area (Å²) in [5.74, 6) is -0.292. The van der Waals surface area contributed by atoms with Gasteiger partial charge in [0.15, 0.2) is 0 Å². The first-order valence-corrected chi connectivity index (χ1v) is 6.56. The van der Waals surface area contributed by atoms with Crippen LogP contribution in [0.25, 0.3) is 0 Å². The molecule has 0 unspecified atom stereocenters. The Morgan fingerprint density at radius 2 is 1.43 bits per heavy atom. The van der Waals surface area contributed by atoms with Gasteiger partial charge in [0.05, 0.1) is 9.73 Å². The fourth-order valence-electron chi connectivity index (χ4n) is 0.432. The van der Waals surface area contributed by atoms with Gasteiger partial charge in [0.1, 0.15) is 0 Å². The van der Waals surface area contributed by atoms with E-state index in [-0.39, 0.29) is 5.91 Å². The number of amides is 1. The molecule has 1 amide bonds. The van der Waals surface area contributed by atoms with E-state index in [4.69, 9.17) is 0 Å². The van der Waals surface area contributed by atoms with E-state index in [0.29, 0.717) is 0 Å². The number of hydrogen-bond donors (Lipinski definition) is 0. The van der Waals surface area contributed by atoms with Gasteiger partial charge in [-0.3, -0.25) is 4.79 Å². The van der Waals surface area contributed by atoms with Gasteiger partial charge in [-0.15, -0.1) is 0 Å². The molecule has 4 heteroatoms. The lowest BCUT2D eigenvalue weighted by Gasteiger charge is -2.22. The van der Waals surface area contributed by atoms with Crippen LogP contribution in [0.5, 0.6) is 0 Å². The van der Waals surface area contributed by atoms with Gasteiger partial charge in [-0.2, -0.15) is 4.36 Å². The summed E-state index contributed by atoms with van der Waals surface area (Å²) in [5, 5.41) is 0. The molecule has 0 rings (SSSR count). The monoisotopic (exact) mass is 219 g/mol. The fraction of sp³-hybridized carbons (Fsp3) is 0.900. The molecule has 0 aromatic heterocycles. The second-order valence-corrected chi connectivity index (χ2v) is 8.57. The molecule has 1 atom stereocenters. The minimum absolute atomic E-state index is 0.292. The number of hydrogen-bond acceptors (Lipinski definition) is 2. The van der Waals surface area contributed by atoms with E-state index >= 15 is 0 Å². The molecular formula is C10H21NO2S. The zero-order chi connectivity index (χ0) is 11.8. The fourth-order valence-corrected chi connectivity index (χ4v) is 1.30. The van der Waals surface area contributed by atoms with Crippen molar-refractivity contribution in [3.8, 4) is 0 Å². The van der Waals surface area contributed by atoms with Gasteiger partial charge >= 0.3 is 0 Å². The Labute approximate surface area is 87.5 Å². The maximum atomic E-state index is 12.1. The maximum absolute atomic E-state index is 12.1. The molecule has 0 aliphatic rings. The van der Waals surface area contributed by atoms with E-state index in [1.807, 2.05) is 20.8 Å². The molecule has 0 aromatic carbocycles. The molecule has 0 spiro atoms. The van der Waals surface area contributed by atoms with E-state index in [2.05, 4.69) is 4.36 Å². The zero-order valence-corrected chi connectivity index (χ0v) is 11.0. The molecule has 14 heavy (non-hydrogen) atoms. The molecule has 0 N–H and O–H groups in total. The first-order chi connectivity index (χ1) is 5.88. The summed E-state index contributed by atoms with van der Waals surface area (Å²) in [6.45, 7) is 10.8. The summed E-state index contributed by atoms with van der Waals surface area (Å²) in [7, 11) is -2.45. The van der Waals surface area contributed by atoms with Crippen molar-refractivity contribution in [3.63, 3.8) is 0 Å². The number of carbonyl (C=O) groups excluding carboxylic acids is 1. The van der Waals surface area contributed by atoms with Crippen LogP contribution in [0.15, 0.2) is 4.36 Å². The highest BCUT2D eigenvalue weighted by molar-refractivity contribution is 7.94. The minimum Gasteiger partial charge on any atom is -0.271 e. The minimum atomic E-state index is -2.45. The highest BCUT2D eigenvalue weighted by Gasteiger charge is 2.27. The Morgan fingerprint density at radius 1 is 1.07 bits per heavy atom. The molecule has 0 heterocycles. The predicted molar refractivity (Wildman–Crippen MR) is 60.7 cm³/mol.